The van der Waals surface area contributed by atoms with Crippen LogP contribution >= 0.6 is 0 Å². The van der Waals surface area contributed by atoms with Crippen LogP contribution in [0.2, 0.25) is 0 Å². The molecule has 7 nitrogen and oxygen atoms in total. The number of carboxylic acid groups (broad SMARTS) is 1. The van der Waals surface area contributed by atoms with Gasteiger partial charge in [0.25, 0.3) is 0 Å². The summed E-state index contributed by atoms with van der Waals surface area (Å²) in [6, 6.07) is 9.26. The molecule has 24 heavy (non-hydrogen) atoms. The molecule has 0 aromatic heterocycles. The van der Waals surface area contributed by atoms with E-state index in [1.807, 2.05) is 30.3 Å². The Bertz CT molecular complexity index is 734. The van der Waals surface area contributed by atoms with Gasteiger partial charge >= 0.3 is 5.97 Å². The molecule has 0 radical (unpaired) electrons. The standard InChI is InChI=1S/C16H20N2O5S/c19-15(11-18-7-4-8-24(18,22)23)17-9-13(14(10-17)16(20)21)12-5-2-1-3-6-12/h1-3,5-6,13-14H,4,7-11H2,(H,20,21)/t13-,14-/m1/s1. The van der Waals surface area contributed by atoms with E-state index in [0.29, 0.717) is 19.5 Å². The van der Waals surface area contributed by atoms with Crippen molar-refractivity contribution < 1.29 is 23.1 Å². The van der Waals surface area contributed by atoms with E-state index in [0.717, 1.165) is 5.56 Å². The van der Waals surface area contributed by atoms with Gasteiger partial charge in [-0.2, -0.15) is 4.31 Å². The van der Waals surface area contributed by atoms with Gasteiger partial charge in [0, 0.05) is 25.6 Å². The van der Waals surface area contributed by atoms with Crippen LogP contribution in [0.3, 0.4) is 0 Å². The largest absolute Gasteiger partial charge is 0.481 e. The van der Waals surface area contributed by atoms with Gasteiger partial charge in [0.2, 0.25) is 15.9 Å². The summed E-state index contributed by atoms with van der Waals surface area (Å²) >= 11 is 0. The minimum Gasteiger partial charge on any atom is -0.481 e. The molecule has 3 rings (SSSR count). The predicted octanol–water partition coefficient (Wildman–Crippen LogP) is 0.349. The van der Waals surface area contributed by atoms with Crippen molar-refractivity contribution in [3.05, 3.63) is 35.9 Å². The van der Waals surface area contributed by atoms with Crippen molar-refractivity contribution in [3.8, 4) is 0 Å². The molecule has 2 aliphatic heterocycles. The number of hydrogen-bond acceptors (Lipinski definition) is 4. The van der Waals surface area contributed by atoms with Crippen molar-refractivity contribution in [2.24, 2.45) is 5.92 Å². The van der Waals surface area contributed by atoms with Crippen LogP contribution < -0.4 is 0 Å². The summed E-state index contributed by atoms with van der Waals surface area (Å²) in [6.45, 7) is 0.567. The number of amides is 1. The molecule has 2 aliphatic rings. The average Bonchev–Trinajstić information content (AvgIpc) is 3.12. The third-order valence-electron chi connectivity index (χ3n) is 4.73. The number of sulfonamides is 1. The molecule has 0 spiro atoms. The first-order chi connectivity index (χ1) is 11.4. The van der Waals surface area contributed by atoms with Gasteiger partial charge in [-0.05, 0) is 12.0 Å². The Hall–Kier alpha value is -1.93. The average molecular weight is 352 g/mol. The number of carbonyl (C=O) groups excluding carboxylic acids is 1. The summed E-state index contributed by atoms with van der Waals surface area (Å²) in [5.41, 5.74) is 0.883. The van der Waals surface area contributed by atoms with Crippen LogP contribution in [-0.4, -0.2) is 66.5 Å². The van der Waals surface area contributed by atoms with Gasteiger partial charge in [-0.15, -0.1) is 0 Å². The molecule has 130 valence electrons. The molecular formula is C16H20N2O5S. The van der Waals surface area contributed by atoms with Gasteiger partial charge in [0.15, 0.2) is 0 Å². The van der Waals surface area contributed by atoms with E-state index >= 15 is 0 Å². The summed E-state index contributed by atoms with van der Waals surface area (Å²) in [7, 11) is -3.34. The highest BCUT2D eigenvalue weighted by molar-refractivity contribution is 7.89. The van der Waals surface area contributed by atoms with Crippen LogP contribution in [0.1, 0.15) is 17.9 Å². The highest BCUT2D eigenvalue weighted by atomic mass is 32.2. The summed E-state index contributed by atoms with van der Waals surface area (Å²) in [5, 5.41) is 9.47. The SMILES string of the molecule is O=C(O)[C@@H]1CN(C(=O)CN2CCCS2(=O)=O)C[C@@H]1c1ccccc1. The zero-order chi connectivity index (χ0) is 17.3. The van der Waals surface area contributed by atoms with Gasteiger partial charge in [0.05, 0.1) is 18.2 Å². The molecule has 2 heterocycles. The van der Waals surface area contributed by atoms with E-state index in [2.05, 4.69) is 0 Å². The predicted molar refractivity (Wildman–Crippen MR) is 86.9 cm³/mol. The summed E-state index contributed by atoms with van der Waals surface area (Å²) in [5.74, 6) is -2.14. The summed E-state index contributed by atoms with van der Waals surface area (Å²) in [6.07, 6.45) is 0.528. The zero-order valence-electron chi connectivity index (χ0n) is 13.2. The van der Waals surface area contributed by atoms with Crippen molar-refractivity contribution in [2.45, 2.75) is 12.3 Å². The van der Waals surface area contributed by atoms with Crippen LogP contribution in [0.5, 0.6) is 0 Å². The van der Waals surface area contributed by atoms with Crippen molar-refractivity contribution in [3.63, 3.8) is 0 Å². The first kappa shape index (κ1) is 16.9. The van der Waals surface area contributed by atoms with Crippen LogP contribution in [-0.2, 0) is 19.6 Å². The maximum atomic E-state index is 12.5. The highest BCUT2D eigenvalue weighted by Crippen LogP contribution is 2.33. The Labute approximate surface area is 140 Å². The number of carboxylic acids is 1. The maximum absolute atomic E-state index is 12.5. The number of likely N-dealkylation sites (tertiary alicyclic amines) is 1. The van der Waals surface area contributed by atoms with Gasteiger partial charge in [-0.25, -0.2) is 8.42 Å². The molecule has 1 aromatic rings. The molecule has 1 aromatic carbocycles. The van der Waals surface area contributed by atoms with E-state index in [-0.39, 0.29) is 30.7 Å². The molecule has 2 fully saturated rings. The Morgan fingerprint density at radius 2 is 1.88 bits per heavy atom. The number of hydrogen-bond donors (Lipinski definition) is 1. The Balaban J connectivity index is 1.73. The fourth-order valence-electron chi connectivity index (χ4n) is 3.42. The quantitative estimate of drug-likeness (QED) is 0.844. The van der Waals surface area contributed by atoms with Gasteiger partial charge < -0.3 is 10.0 Å². The first-order valence-corrected chi connectivity index (χ1v) is 9.53. The molecular weight excluding hydrogens is 332 g/mol. The molecule has 0 aliphatic carbocycles. The second-order valence-electron chi connectivity index (χ2n) is 6.26. The molecule has 1 amide bonds. The smallest absolute Gasteiger partial charge is 0.308 e. The van der Waals surface area contributed by atoms with Crippen LogP contribution in [0.25, 0.3) is 0 Å². The molecule has 0 bridgehead atoms. The highest BCUT2D eigenvalue weighted by Gasteiger charge is 2.41. The minimum absolute atomic E-state index is 0.0741. The summed E-state index contributed by atoms with van der Waals surface area (Å²) < 4.78 is 24.9. The lowest BCUT2D eigenvalue weighted by atomic mass is 9.89. The fourth-order valence-corrected chi connectivity index (χ4v) is 4.88. The maximum Gasteiger partial charge on any atom is 0.308 e. The van der Waals surface area contributed by atoms with Crippen molar-refractivity contribution >= 4 is 21.9 Å². The van der Waals surface area contributed by atoms with Crippen molar-refractivity contribution in [1.29, 1.82) is 0 Å². The molecule has 0 saturated carbocycles. The topological polar surface area (TPSA) is 95.0 Å². The Kier molecular flexibility index (Phi) is 4.60. The number of rotatable bonds is 4. The van der Waals surface area contributed by atoms with Gasteiger partial charge in [-0.1, -0.05) is 30.3 Å². The molecule has 1 N–H and O–H groups in total. The minimum atomic E-state index is -3.34. The lowest BCUT2D eigenvalue weighted by Crippen LogP contribution is -2.40. The van der Waals surface area contributed by atoms with E-state index in [1.165, 1.54) is 9.21 Å². The zero-order valence-corrected chi connectivity index (χ0v) is 14.0. The van der Waals surface area contributed by atoms with Crippen LogP contribution in [0, 0.1) is 5.92 Å². The van der Waals surface area contributed by atoms with E-state index in [4.69, 9.17) is 0 Å². The lowest BCUT2D eigenvalue weighted by Gasteiger charge is -2.20. The second kappa shape index (κ2) is 6.52. The van der Waals surface area contributed by atoms with Crippen LogP contribution in [0.4, 0.5) is 0 Å². The fraction of sp³-hybridized carbons (Fsp3) is 0.500. The van der Waals surface area contributed by atoms with Crippen LogP contribution in [0.15, 0.2) is 30.3 Å². The van der Waals surface area contributed by atoms with Crippen molar-refractivity contribution in [1.82, 2.24) is 9.21 Å². The first-order valence-electron chi connectivity index (χ1n) is 7.92. The monoisotopic (exact) mass is 352 g/mol. The Morgan fingerprint density at radius 3 is 2.46 bits per heavy atom. The normalized spacial score (nSPS) is 26.6. The van der Waals surface area contributed by atoms with E-state index in [9.17, 15) is 23.1 Å². The molecule has 8 heteroatoms. The number of carbonyl (C=O) groups is 2. The van der Waals surface area contributed by atoms with E-state index in [1.54, 1.807) is 0 Å². The summed E-state index contributed by atoms with van der Waals surface area (Å²) in [4.78, 5) is 25.5. The lowest BCUT2D eigenvalue weighted by molar-refractivity contribution is -0.141. The third kappa shape index (κ3) is 3.29. The number of aliphatic carboxylic acids is 1. The van der Waals surface area contributed by atoms with Gasteiger partial charge in [0.1, 0.15) is 0 Å². The number of nitrogens with zero attached hydrogens (tertiary/aromatic N) is 2. The second-order valence-corrected chi connectivity index (χ2v) is 8.35. The third-order valence-corrected chi connectivity index (χ3v) is 6.64. The molecule has 2 saturated heterocycles. The molecule has 0 unspecified atom stereocenters. The number of benzene rings is 1. The van der Waals surface area contributed by atoms with E-state index < -0.39 is 21.9 Å². The van der Waals surface area contributed by atoms with Crippen molar-refractivity contribution in [2.75, 3.05) is 31.9 Å². The van der Waals surface area contributed by atoms with Gasteiger partial charge in [-0.3, -0.25) is 9.59 Å². The Morgan fingerprint density at radius 1 is 1.17 bits per heavy atom. The molecule has 2 atom stereocenters.